The molecule has 1 aliphatic rings. The quantitative estimate of drug-likeness (QED) is 0.728. The largest absolute Gasteiger partial charge is 0.393 e. The van der Waals surface area contributed by atoms with Crippen LogP contribution in [0.3, 0.4) is 0 Å². The summed E-state index contributed by atoms with van der Waals surface area (Å²) in [6.45, 7) is 2.41. The van der Waals surface area contributed by atoms with Gasteiger partial charge in [0, 0.05) is 49.1 Å². The Hall–Kier alpha value is -2.79. The minimum Gasteiger partial charge on any atom is -0.393 e. The fourth-order valence-electron chi connectivity index (χ4n) is 3.66. The smallest absolute Gasteiger partial charge is 0.226 e. The number of amides is 1. The number of nitrogens with zero attached hydrogens (tertiary/aromatic N) is 2. The number of anilines is 2. The molecule has 0 radical (unpaired) electrons. The molecule has 1 aromatic heterocycles. The number of aliphatic hydroxyl groups is 1. The molecule has 1 fully saturated rings. The number of benzene rings is 2. The number of hydrogen-bond acceptors (Lipinski definition) is 3. The molecule has 2 heterocycles. The fraction of sp³-hybridized carbons (Fsp3) is 0.318. The molecule has 1 saturated heterocycles. The second-order valence-corrected chi connectivity index (χ2v) is 7.13. The van der Waals surface area contributed by atoms with Gasteiger partial charge in [-0.2, -0.15) is 0 Å². The van der Waals surface area contributed by atoms with E-state index in [4.69, 9.17) is 0 Å². The van der Waals surface area contributed by atoms with Crippen molar-refractivity contribution in [2.24, 2.45) is 0 Å². The average Bonchev–Trinajstić information content (AvgIpc) is 3.11. The summed E-state index contributed by atoms with van der Waals surface area (Å²) in [5, 5.41) is 13.8. The molecule has 0 unspecified atom stereocenters. The van der Waals surface area contributed by atoms with Crippen molar-refractivity contribution in [2.75, 3.05) is 23.3 Å². The molecule has 140 valence electrons. The summed E-state index contributed by atoms with van der Waals surface area (Å²) in [6.07, 6.45) is 3.92. The van der Waals surface area contributed by atoms with Crippen LogP contribution < -0.4 is 10.2 Å². The lowest BCUT2D eigenvalue weighted by atomic mass is 10.1. The van der Waals surface area contributed by atoms with E-state index in [0.29, 0.717) is 13.0 Å². The molecule has 2 aromatic carbocycles. The van der Waals surface area contributed by atoms with Gasteiger partial charge in [-0.1, -0.05) is 18.2 Å². The van der Waals surface area contributed by atoms with Crippen molar-refractivity contribution in [3.8, 4) is 0 Å². The Morgan fingerprint density at radius 3 is 2.56 bits per heavy atom. The third-order valence-corrected chi connectivity index (χ3v) is 5.24. The number of aromatic nitrogens is 1. The van der Waals surface area contributed by atoms with Gasteiger partial charge in [0.05, 0.1) is 6.10 Å². The van der Waals surface area contributed by atoms with Crippen LogP contribution in [0.4, 0.5) is 11.4 Å². The van der Waals surface area contributed by atoms with E-state index in [1.165, 1.54) is 5.39 Å². The van der Waals surface area contributed by atoms with Gasteiger partial charge in [0.2, 0.25) is 5.91 Å². The summed E-state index contributed by atoms with van der Waals surface area (Å²) < 4.78 is 2.11. The first-order valence-electron chi connectivity index (χ1n) is 9.56. The maximum absolute atomic E-state index is 12.3. The minimum atomic E-state index is -0.169. The third kappa shape index (κ3) is 4.14. The average molecular weight is 363 g/mol. The van der Waals surface area contributed by atoms with Gasteiger partial charge in [-0.25, -0.2) is 0 Å². The summed E-state index contributed by atoms with van der Waals surface area (Å²) in [4.78, 5) is 14.6. The Labute approximate surface area is 159 Å². The number of hydrogen-bond donors (Lipinski definition) is 2. The topological polar surface area (TPSA) is 57.5 Å². The fourth-order valence-corrected chi connectivity index (χ4v) is 3.66. The predicted molar refractivity (Wildman–Crippen MR) is 109 cm³/mol. The molecule has 5 nitrogen and oxygen atoms in total. The normalized spacial score (nSPS) is 15.2. The van der Waals surface area contributed by atoms with E-state index in [-0.39, 0.29) is 12.0 Å². The molecule has 0 aliphatic carbocycles. The Morgan fingerprint density at radius 2 is 1.78 bits per heavy atom. The zero-order chi connectivity index (χ0) is 18.6. The molecule has 1 aliphatic heterocycles. The number of aliphatic hydroxyl groups excluding tert-OH is 1. The van der Waals surface area contributed by atoms with Crippen molar-refractivity contribution < 1.29 is 9.90 Å². The Balaban J connectivity index is 1.31. The number of carbonyl (C=O) groups excluding carboxylic acids is 1. The van der Waals surface area contributed by atoms with E-state index < -0.39 is 0 Å². The predicted octanol–water partition coefficient (Wildman–Crippen LogP) is 3.63. The monoisotopic (exact) mass is 363 g/mol. The second-order valence-electron chi connectivity index (χ2n) is 7.13. The van der Waals surface area contributed by atoms with Crippen LogP contribution in [0.1, 0.15) is 19.3 Å². The Morgan fingerprint density at radius 1 is 1.04 bits per heavy atom. The molecule has 4 rings (SSSR count). The first kappa shape index (κ1) is 17.6. The number of piperidine rings is 1. The summed E-state index contributed by atoms with van der Waals surface area (Å²) >= 11 is 0. The van der Waals surface area contributed by atoms with E-state index in [9.17, 15) is 9.90 Å². The number of para-hydroxylation sites is 1. The standard InChI is InChI=1S/C22H25N3O2/c26-20-10-14-24(15-11-20)19-7-5-18(6-8-19)23-22(27)12-16-25-13-9-17-3-1-2-4-21(17)25/h1-9,13,20,26H,10-12,14-16H2,(H,23,27). The highest BCUT2D eigenvalue weighted by atomic mass is 16.3. The summed E-state index contributed by atoms with van der Waals surface area (Å²) in [7, 11) is 0. The Bertz CT molecular complexity index is 909. The molecule has 0 bridgehead atoms. The number of carbonyl (C=O) groups is 1. The molecule has 5 heteroatoms. The van der Waals surface area contributed by atoms with Crippen molar-refractivity contribution >= 4 is 28.2 Å². The van der Waals surface area contributed by atoms with Crippen molar-refractivity contribution in [1.29, 1.82) is 0 Å². The van der Waals surface area contributed by atoms with Gasteiger partial charge >= 0.3 is 0 Å². The van der Waals surface area contributed by atoms with E-state index >= 15 is 0 Å². The SMILES string of the molecule is O=C(CCn1ccc2ccccc21)Nc1ccc(N2CCC(O)CC2)cc1. The van der Waals surface area contributed by atoms with Crippen molar-refractivity contribution in [3.63, 3.8) is 0 Å². The van der Waals surface area contributed by atoms with Gasteiger partial charge in [-0.05, 0) is 54.6 Å². The van der Waals surface area contributed by atoms with E-state index in [1.54, 1.807) is 0 Å². The minimum absolute atomic E-state index is 0.0154. The van der Waals surface area contributed by atoms with E-state index in [1.807, 2.05) is 42.6 Å². The van der Waals surface area contributed by atoms with Crippen LogP contribution in [0, 0.1) is 0 Å². The van der Waals surface area contributed by atoms with E-state index in [0.717, 1.165) is 42.8 Å². The molecule has 0 atom stereocenters. The lowest BCUT2D eigenvalue weighted by Gasteiger charge is -2.31. The zero-order valence-corrected chi connectivity index (χ0v) is 15.3. The van der Waals surface area contributed by atoms with Gasteiger partial charge in [0.25, 0.3) is 0 Å². The molecule has 1 amide bonds. The van der Waals surface area contributed by atoms with Gasteiger partial charge in [-0.3, -0.25) is 4.79 Å². The first-order chi connectivity index (χ1) is 13.2. The van der Waals surface area contributed by atoms with Gasteiger partial charge < -0.3 is 19.9 Å². The first-order valence-corrected chi connectivity index (χ1v) is 9.56. The van der Waals surface area contributed by atoms with Crippen molar-refractivity contribution in [1.82, 2.24) is 4.57 Å². The van der Waals surface area contributed by atoms with Crippen LogP contribution in [0.2, 0.25) is 0 Å². The molecular formula is C22H25N3O2. The number of nitrogens with one attached hydrogen (secondary N) is 1. The highest BCUT2D eigenvalue weighted by molar-refractivity contribution is 5.91. The van der Waals surface area contributed by atoms with Crippen LogP contribution >= 0.6 is 0 Å². The van der Waals surface area contributed by atoms with Crippen LogP contribution in [0.15, 0.2) is 60.8 Å². The van der Waals surface area contributed by atoms with Gasteiger partial charge in [0.15, 0.2) is 0 Å². The second kappa shape index (κ2) is 7.84. The van der Waals surface area contributed by atoms with Crippen LogP contribution in [-0.4, -0.2) is 34.8 Å². The van der Waals surface area contributed by atoms with Crippen molar-refractivity contribution in [3.05, 3.63) is 60.8 Å². The molecule has 27 heavy (non-hydrogen) atoms. The van der Waals surface area contributed by atoms with Crippen LogP contribution in [0.25, 0.3) is 10.9 Å². The van der Waals surface area contributed by atoms with Crippen LogP contribution in [0.5, 0.6) is 0 Å². The number of fused-ring (bicyclic) bond motifs is 1. The summed E-state index contributed by atoms with van der Waals surface area (Å²) in [6, 6.07) is 18.2. The van der Waals surface area contributed by atoms with E-state index in [2.05, 4.69) is 33.0 Å². The lowest BCUT2D eigenvalue weighted by molar-refractivity contribution is -0.116. The number of aryl methyl sites for hydroxylation is 1. The zero-order valence-electron chi connectivity index (χ0n) is 15.3. The molecule has 3 aromatic rings. The van der Waals surface area contributed by atoms with Gasteiger partial charge in [-0.15, -0.1) is 0 Å². The molecule has 2 N–H and O–H groups in total. The summed E-state index contributed by atoms with van der Waals surface area (Å²) in [5.41, 5.74) is 3.11. The maximum atomic E-state index is 12.3. The molecule has 0 saturated carbocycles. The maximum Gasteiger partial charge on any atom is 0.226 e. The van der Waals surface area contributed by atoms with Gasteiger partial charge in [0.1, 0.15) is 0 Å². The van der Waals surface area contributed by atoms with Crippen molar-refractivity contribution in [2.45, 2.75) is 31.9 Å². The lowest BCUT2D eigenvalue weighted by Crippen LogP contribution is -2.35. The molecular weight excluding hydrogens is 338 g/mol. The third-order valence-electron chi connectivity index (χ3n) is 5.24. The highest BCUT2D eigenvalue weighted by Gasteiger charge is 2.17. The molecule has 0 spiro atoms. The van der Waals surface area contributed by atoms with Crippen LogP contribution in [-0.2, 0) is 11.3 Å². The number of rotatable bonds is 5. The Kier molecular flexibility index (Phi) is 5.12. The summed E-state index contributed by atoms with van der Waals surface area (Å²) in [5.74, 6) is 0.0154. The highest BCUT2D eigenvalue weighted by Crippen LogP contribution is 2.22.